The second-order valence-corrected chi connectivity index (χ2v) is 5.08. The van der Waals surface area contributed by atoms with Crippen LogP contribution in [0.3, 0.4) is 0 Å². The maximum Gasteiger partial charge on any atom is 0.161 e. The Kier molecular flexibility index (Phi) is 4.00. The van der Waals surface area contributed by atoms with Gasteiger partial charge in [0.25, 0.3) is 0 Å². The van der Waals surface area contributed by atoms with Crippen LogP contribution in [0.25, 0.3) is 0 Å². The smallest absolute Gasteiger partial charge is 0.161 e. The summed E-state index contributed by atoms with van der Waals surface area (Å²) in [5.74, 6) is 2.31. The molecule has 22 heavy (non-hydrogen) atoms. The number of hydrogen-bond acceptors (Lipinski definition) is 4. The molecule has 0 saturated heterocycles. The van der Waals surface area contributed by atoms with E-state index in [1.807, 2.05) is 36.4 Å². The highest BCUT2D eigenvalue weighted by Crippen LogP contribution is 2.34. The standard InChI is InChI=1S/C18H19NO3/c1-20-14-6-4-5-13(9-14)18-15-11-17(22-3)16(21-2)10-12(15)7-8-19-18/h4-6,9-11H,7-8H2,1-3H3. The molecule has 0 unspecified atom stereocenters. The lowest BCUT2D eigenvalue weighted by atomic mass is 9.92. The topological polar surface area (TPSA) is 40.0 Å². The summed E-state index contributed by atoms with van der Waals surface area (Å²) in [5.41, 5.74) is 4.34. The summed E-state index contributed by atoms with van der Waals surface area (Å²) in [6.07, 6.45) is 0.906. The number of nitrogens with zero attached hydrogens (tertiary/aromatic N) is 1. The Morgan fingerprint density at radius 1 is 0.909 bits per heavy atom. The summed E-state index contributed by atoms with van der Waals surface area (Å²) in [6, 6.07) is 12.0. The van der Waals surface area contributed by atoms with E-state index in [4.69, 9.17) is 19.2 Å². The van der Waals surface area contributed by atoms with Crippen molar-refractivity contribution < 1.29 is 14.2 Å². The predicted octanol–water partition coefficient (Wildman–Crippen LogP) is 3.11. The first-order chi connectivity index (χ1) is 10.8. The number of hydrogen-bond donors (Lipinski definition) is 0. The molecule has 0 aromatic heterocycles. The van der Waals surface area contributed by atoms with Crippen molar-refractivity contribution in [3.05, 3.63) is 53.1 Å². The molecular formula is C18H19NO3. The van der Waals surface area contributed by atoms with Crippen LogP contribution in [0.4, 0.5) is 0 Å². The van der Waals surface area contributed by atoms with Crippen LogP contribution >= 0.6 is 0 Å². The quantitative estimate of drug-likeness (QED) is 0.870. The van der Waals surface area contributed by atoms with Crippen LogP contribution in [0.1, 0.15) is 16.7 Å². The first kappa shape index (κ1) is 14.4. The summed E-state index contributed by atoms with van der Waals surface area (Å²) in [5, 5.41) is 0. The van der Waals surface area contributed by atoms with Gasteiger partial charge in [-0.15, -0.1) is 0 Å². The van der Waals surface area contributed by atoms with Crippen molar-refractivity contribution in [1.82, 2.24) is 0 Å². The molecule has 0 atom stereocenters. The lowest BCUT2D eigenvalue weighted by molar-refractivity contribution is 0.354. The Labute approximate surface area is 130 Å². The van der Waals surface area contributed by atoms with E-state index in [9.17, 15) is 0 Å². The molecule has 3 rings (SSSR count). The molecule has 1 heterocycles. The van der Waals surface area contributed by atoms with Gasteiger partial charge in [-0.1, -0.05) is 12.1 Å². The van der Waals surface area contributed by atoms with Crippen molar-refractivity contribution in [2.75, 3.05) is 27.9 Å². The van der Waals surface area contributed by atoms with Gasteiger partial charge in [-0.25, -0.2) is 0 Å². The van der Waals surface area contributed by atoms with Crippen molar-refractivity contribution >= 4 is 5.71 Å². The Hall–Kier alpha value is -2.49. The van der Waals surface area contributed by atoms with Crippen molar-refractivity contribution in [2.24, 2.45) is 4.99 Å². The van der Waals surface area contributed by atoms with E-state index < -0.39 is 0 Å². The molecule has 4 heteroatoms. The number of ether oxygens (including phenoxy) is 3. The van der Waals surface area contributed by atoms with Gasteiger partial charge in [0.2, 0.25) is 0 Å². The fourth-order valence-electron chi connectivity index (χ4n) is 2.74. The van der Waals surface area contributed by atoms with Crippen LogP contribution in [0.2, 0.25) is 0 Å². The number of benzene rings is 2. The van der Waals surface area contributed by atoms with E-state index in [1.165, 1.54) is 5.56 Å². The highest BCUT2D eigenvalue weighted by atomic mass is 16.5. The van der Waals surface area contributed by atoms with Gasteiger partial charge in [0.1, 0.15) is 5.75 Å². The van der Waals surface area contributed by atoms with Crippen LogP contribution < -0.4 is 14.2 Å². The van der Waals surface area contributed by atoms with E-state index in [0.717, 1.165) is 47.1 Å². The molecule has 0 amide bonds. The van der Waals surface area contributed by atoms with Crippen molar-refractivity contribution in [1.29, 1.82) is 0 Å². The third kappa shape index (κ3) is 2.52. The van der Waals surface area contributed by atoms with Gasteiger partial charge in [-0.2, -0.15) is 0 Å². The molecule has 0 aliphatic carbocycles. The minimum Gasteiger partial charge on any atom is -0.497 e. The first-order valence-corrected chi connectivity index (χ1v) is 7.21. The fraction of sp³-hybridized carbons (Fsp3) is 0.278. The zero-order chi connectivity index (χ0) is 15.5. The Morgan fingerprint density at radius 2 is 1.68 bits per heavy atom. The second kappa shape index (κ2) is 6.10. The molecule has 2 aromatic rings. The normalized spacial score (nSPS) is 13.1. The zero-order valence-corrected chi connectivity index (χ0v) is 13.1. The summed E-state index contributed by atoms with van der Waals surface area (Å²) < 4.78 is 16.1. The van der Waals surface area contributed by atoms with Crippen LogP contribution in [0, 0.1) is 0 Å². The third-order valence-electron chi connectivity index (χ3n) is 3.86. The molecule has 0 spiro atoms. The van der Waals surface area contributed by atoms with E-state index in [1.54, 1.807) is 21.3 Å². The molecule has 0 radical (unpaired) electrons. The minimum atomic E-state index is 0.721. The molecule has 1 aliphatic rings. The number of rotatable bonds is 4. The minimum absolute atomic E-state index is 0.721. The van der Waals surface area contributed by atoms with Crippen molar-refractivity contribution in [3.8, 4) is 17.2 Å². The summed E-state index contributed by atoms with van der Waals surface area (Å²) >= 11 is 0. The van der Waals surface area contributed by atoms with Crippen molar-refractivity contribution in [2.45, 2.75) is 6.42 Å². The number of methoxy groups -OCH3 is 3. The van der Waals surface area contributed by atoms with Gasteiger partial charge >= 0.3 is 0 Å². The van der Waals surface area contributed by atoms with E-state index in [-0.39, 0.29) is 0 Å². The van der Waals surface area contributed by atoms with Crippen LogP contribution in [-0.4, -0.2) is 33.6 Å². The van der Waals surface area contributed by atoms with E-state index in [2.05, 4.69) is 0 Å². The predicted molar refractivity (Wildman–Crippen MR) is 86.8 cm³/mol. The molecule has 1 aliphatic heterocycles. The van der Waals surface area contributed by atoms with Gasteiger partial charge in [-0.05, 0) is 36.2 Å². The number of fused-ring (bicyclic) bond motifs is 1. The highest BCUT2D eigenvalue weighted by Gasteiger charge is 2.19. The Bertz CT molecular complexity index is 722. The van der Waals surface area contributed by atoms with Gasteiger partial charge in [0.15, 0.2) is 11.5 Å². The van der Waals surface area contributed by atoms with Gasteiger partial charge < -0.3 is 14.2 Å². The summed E-state index contributed by atoms with van der Waals surface area (Å²) in [7, 11) is 4.98. The molecule has 0 bridgehead atoms. The van der Waals surface area contributed by atoms with Crippen LogP contribution in [0.5, 0.6) is 17.2 Å². The summed E-state index contributed by atoms with van der Waals surface area (Å²) in [4.78, 5) is 4.71. The molecule has 0 N–H and O–H groups in total. The van der Waals surface area contributed by atoms with Crippen LogP contribution in [0.15, 0.2) is 41.4 Å². The fourth-order valence-corrected chi connectivity index (χ4v) is 2.74. The Balaban J connectivity index is 2.11. The SMILES string of the molecule is COc1cccc(C2=NCCc3cc(OC)c(OC)cc32)c1. The maximum atomic E-state index is 5.43. The largest absolute Gasteiger partial charge is 0.497 e. The molecule has 4 nitrogen and oxygen atoms in total. The highest BCUT2D eigenvalue weighted by molar-refractivity contribution is 6.14. The molecule has 2 aromatic carbocycles. The summed E-state index contributed by atoms with van der Waals surface area (Å²) in [6.45, 7) is 0.773. The van der Waals surface area contributed by atoms with Gasteiger partial charge in [0, 0.05) is 17.7 Å². The monoisotopic (exact) mass is 297 g/mol. The zero-order valence-electron chi connectivity index (χ0n) is 13.1. The van der Waals surface area contributed by atoms with Crippen molar-refractivity contribution in [3.63, 3.8) is 0 Å². The maximum absolute atomic E-state index is 5.43. The average molecular weight is 297 g/mol. The van der Waals surface area contributed by atoms with Gasteiger partial charge in [-0.3, -0.25) is 4.99 Å². The molecular weight excluding hydrogens is 278 g/mol. The first-order valence-electron chi connectivity index (χ1n) is 7.21. The van der Waals surface area contributed by atoms with E-state index >= 15 is 0 Å². The van der Waals surface area contributed by atoms with E-state index in [0.29, 0.717) is 0 Å². The second-order valence-electron chi connectivity index (χ2n) is 5.08. The molecule has 114 valence electrons. The average Bonchev–Trinajstić information content (AvgIpc) is 2.59. The lowest BCUT2D eigenvalue weighted by Crippen LogP contribution is -2.15. The Morgan fingerprint density at radius 3 is 2.41 bits per heavy atom. The lowest BCUT2D eigenvalue weighted by Gasteiger charge is -2.20. The molecule has 0 fully saturated rings. The molecule has 0 saturated carbocycles. The van der Waals surface area contributed by atoms with Gasteiger partial charge in [0.05, 0.1) is 27.0 Å². The third-order valence-corrected chi connectivity index (χ3v) is 3.86. The number of aliphatic imine (C=N–C) groups is 1. The van der Waals surface area contributed by atoms with Crippen LogP contribution in [-0.2, 0) is 6.42 Å².